The fraction of sp³-hybridized carbons (Fsp3) is 0.484. The van der Waals surface area contributed by atoms with Gasteiger partial charge in [0.2, 0.25) is 0 Å². The number of hydrogen-bond acceptors (Lipinski definition) is 6. The summed E-state index contributed by atoms with van der Waals surface area (Å²) in [6, 6.07) is 18.9. The van der Waals surface area contributed by atoms with E-state index in [0.717, 1.165) is 66.2 Å². The first-order chi connectivity index (χ1) is 18.5. The number of anilines is 1. The maximum Gasteiger partial charge on any atom is 0.409 e. The molecule has 2 aromatic carbocycles. The summed E-state index contributed by atoms with van der Waals surface area (Å²) in [6.07, 6.45) is 3.25. The summed E-state index contributed by atoms with van der Waals surface area (Å²) < 4.78 is 10.8. The van der Waals surface area contributed by atoms with Crippen LogP contribution in [0.4, 0.5) is 10.5 Å². The highest BCUT2D eigenvalue weighted by atomic mass is 16.6. The molecule has 1 saturated carbocycles. The molecule has 1 aromatic heterocycles. The molecule has 3 atom stereocenters. The number of nitrogens with one attached hydrogen (secondary N) is 2. The van der Waals surface area contributed by atoms with Gasteiger partial charge in [-0.1, -0.05) is 32.0 Å². The summed E-state index contributed by atoms with van der Waals surface area (Å²) in [5.41, 5.74) is 4.10. The molecule has 3 aromatic rings. The molecule has 202 valence electrons. The number of rotatable bonds is 10. The summed E-state index contributed by atoms with van der Waals surface area (Å²) in [7, 11) is 1.68. The fourth-order valence-corrected chi connectivity index (χ4v) is 5.83. The van der Waals surface area contributed by atoms with E-state index >= 15 is 0 Å². The van der Waals surface area contributed by atoms with E-state index in [0.29, 0.717) is 30.4 Å². The average molecular weight is 517 g/mol. The van der Waals surface area contributed by atoms with Crippen LogP contribution in [0.15, 0.2) is 54.6 Å². The van der Waals surface area contributed by atoms with Crippen molar-refractivity contribution in [3.05, 3.63) is 54.6 Å². The fourth-order valence-electron chi connectivity index (χ4n) is 5.83. The Morgan fingerprint density at radius 3 is 2.68 bits per heavy atom. The highest BCUT2D eigenvalue weighted by Crippen LogP contribution is 2.38. The van der Waals surface area contributed by atoms with Gasteiger partial charge < -0.3 is 25.0 Å². The largest absolute Gasteiger partial charge is 0.497 e. The van der Waals surface area contributed by atoms with Gasteiger partial charge in [-0.15, -0.1) is 0 Å². The smallest absolute Gasteiger partial charge is 0.409 e. The maximum atomic E-state index is 12.4. The minimum absolute atomic E-state index is 0.144. The first kappa shape index (κ1) is 26.3. The first-order valence-electron chi connectivity index (χ1n) is 13.9. The number of nitrogens with zero attached hydrogens (tertiary/aromatic N) is 2. The summed E-state index contributed by atoms with van der Waals surface area (Å²) in [6.45, 7) is 8.11. The van der Waals surface area contributed by atoms with Crippen molar-refractivity contribution in [3.63, 3.8) is 0 Å². The Labute approximate surface area is 225 Å². The lowest BCUT2D eigenvalue weighted by Crippen LogP contribution is -2.38. The molecule has 5 rings (SSSR count). The van der Waals surface area contributed by atoms with E-state index in [1.54, 1.807) is 7.11 Å². The van der Waals surface area contributed by atoms with Crippen LogP contribution in [0.5, 0.6) is 5.75 Å². The van der Waals surface area contributed by atoms with E-state index < -0.39 is 0 Å². The lowest BCUT2D eigenvalue weighted by Gasteiger charge is -2.22. The van der Waals surface area contributed by atoms with Gasteiger partial charge in [-0.05, 0) is 80.0 Å². The van der Waals surface area contributed by atoms with Gasteiger partial charge in [0.1, 0.15) is 5.75 Å². The molecule has 1 saturated heterocycles. The minimum atomic E-state index is -0.144. The molecule has 1 amide bonds. The van der Waals surface area contributed by atoms with Crippen LogP contribution in [0.25, 0.3) is 22.2 Å². The van der Waals surface area contributed by atoms with Crippen molar-refractivity contribution in [2.75, 3.05) is 45.2 Å². The SMILES string of the molecule is COc1ccc(-c2cc(NCCCNC3CCC4CN(C(=O)OCC(C)C)CC43)c3ccccc3n2)cc1. The van der Waals surface area contributed by atoms with Crippen molar-refractivity contribution < 1.29 is 14.3 Å². The Morgan fingerprint density at radius 2 is 1.89 bits per heavy atom. The lowest BCUT2D eigenvalue weighted by molar-refractivity contribution is 0.0965. The summed E-state index contributed by atoms with van der Waals surface area (Å²) in [5, 5.41) is 8.59. The second-order valence-corrected chi connectivity index (χ2v) is 11.0. The van der Waals surface area contributed by atoms with Crippen molar-refractivity contribution in [1.29, 1.82) is 0 Å². The molecule has 2 N–H and O–H groups in total. The molecule has 7 heteroatoms. The van der Waals surface area contributed by atoms with Gasteiger partial charge in [0, 0.05) is 42.3 Å². The zero-order chi connectivity index (χ0) is 26.5. The predicted octanol–water partition coefficient (Wildman–Crippen LogP) is 5.81. The number of hydrogen-bond donors (Lipinski definition) is 2. The Morgan fingerprint density at radius 1 is 1.08 bits per heavy atom. The van der Waals surface area contributed by atoms with E-state index in [2.05, 4.69) is 48.7 Å². The third kappa shape index (κ3) is 6.04. The molecule has 2 aliphatic rings. The summed E-state index contributed by atoms with van der Waals surface area (Å²) in [4.78, 5) is 19.2. The minimum Gasteiger partial charge on any atom is -0.497 e. The molecule has 2 heterocycles. The zero-order valence-corrected chi connectivity index (χ0v) is 22.8. The number of para-hydroxylation sites is 1. The zero-order valence-electron chi connectivity index (χ0n) is 22.8. The Bertz CT molecular complexity index is 1230. The Kier molecular flexibility index (Phi) is 8.32. The van der Waals surface area contributed by atoms with Gasteiger partial charge in [0.25, 0.3) is 0 Å². The molecule has 2 fully saturated rings. The van der Waals surface area contributed by atoms with E-state index in [4.69, 9.17) is 14.5 Å². The van der Waals surface area contributed by atoms with Gasteiger partial charge >= 0.3 is 6.09 Å². The van der Waals surface area contributed by atoms with Crippen LogP contribution < -0.4 is 15.4 Å². The van der Waals surface area contributed by atoms with E-state index in [1.807, 2.05) is 35.2 Å². The van der Waals surface area contributed by atoms with E-state index in [-0.39, 0.29) is 6.09 Å². The van der Waals surface area contributed by atoms with Crippen LogP contribution in [-0.2, 0) is 4.74 Å². The Hall–Kier alpha value is -3.32. The maximum absolute atomic E-state index is 12.4. The number of carbonyl (C=O) groups is 1. The van der Waals surface area contributed by atoms with Crippen LogP contribution in [0, 0.1) is 17.8 Å². The number of fused-ring (bicyclic) bond motifs is 2. The molecule has 7 nitrogen and oxygen atoms in total. The highest BCUT2D eigenvalue weighted by Gasteiger charge is 2.44. The molecule has 0 spiro atoms. The molecule has 38 heavy (non-hydrogen) atoms. The van der Waals surface area contributed by atoms with Crippen LogP contribution in [0.2, 0.25) is 0 Å². The van der Waals surface area contributed by atoms with Crippen LogP contribution >= 0.6 is 0 Å². The van der Waals surface area contributed by atoms with Crippen LogP contribution in [-0.4, -0.2) is 61.9 Å². The predicted molar refractivity (Wildman–Crippen MR) is 153 cm³/mol. The third-order valence-electron chi connectivity index (χ3n) is 7.83. The monoisotopic (exact) mass is 516 g/mol. The van der Waals surface area contributed by atoms with Crippen molar-refractivity contribution in [1.82, 2.24) is 15.2 Å². The topological polar surface area (TPSA) is 75.7 Å². The van der Waals surface area contributed by atoms with Crippen molar-refractivity contribution in [3.8, 4) is 17.0 Å². The molecular formula is C31H40N4O3. The van der Waals surface area contributed by atoms with E-state index in [1.165, 1.54) is 12.8 Å². The van der Waals surface area contributed by atoms with Crippen LogP contribution in [0.1, 0.15) is 33.1 Å². The van der Waals surface area contributed by atoms with Gasteiger partial charge in [0.15, 0.2) is 0 Å². The first-order valence-corrected chi connectivity index (χ1v) is 13.9. The highest BCUT2D eigenvalue weighted by molar-refractivity contribution is 5.93. The second kappa shape index (κ2) is 12.0. The van der Waals surface area contributed by atoms with Gasteiger partial charge in [-0.3, -0.25) is 0 Å². The molecule has 3 unspecified atom stereocenters. The lowest BCUT2D eigenvalue weighted by atomic mass is 9.98. The van der Waals surface area contributed by atoms with Crippen LogP contribution in [0.3, 0.4) is 0 Å². The quantitative estimate of drug-likeness (QED) is 0.332. The number of ether oxygens (including phenoxy) is 2. The van der Waals surface area contributed by atoms with Crippen molar-refractivity contribution in [2.45, 2.75) is 39.2 Å². The number of likely N-dealkylation sites (tertiary alicyclic amines) is 1. The molecule has 0 bridgehead atoms. The Balaban J connectivity index is 1.14. The second-order valence-electron chi connectivity index (χ2n) is 11.0. The molecule has 1 aliphatic heterocycles. The number of amides is 1. The normalized spacial score (nSPS) is 20.6. The third-order valence-corrected chi connectivity index (χ3v) is 7.83. The van der Waals surface area contributed by atoms with Gasteiger partial charge in [-0.2, -0.15) is 0 Å². The van der Waals surface area contributed by atoms with Crippen molar-refractivity contribution >= 4 is 22.7 Å². The number of pyridine rings is 1. The van der Waals surface area contributed by atoms with Gasteiger partial charge in [-0.25, -0.2) is 9.78 Å². The number of carbonyl (C=O) groups excluding carboxylic acids is 1. The summed E-state index contributed by atoms with van der Waals surface area (Å²) in [5.74, 6) is 2.33. The van der Waals surface area contributed by atoms with E-state index in [9.17, 15) is 4.79 Å². The number of methoxy groups -OCH3 is 1. The molecule has 0 radical (unpaired) electrons. The van der Waals surface area contributed by atoms with Crippen molar-refractivity contribution in [2.24, 2.45) is 17.8 Å². The number of benzene rings is 2. The van der Waals surface area contributed by atoms with Gasteiger partial charge in [0.05, 0.1) is 24.9 Å². The average Bonchev–Trinajstić information content (AvgIpc) is 3.53. The molecular weight excluding hydrogens is 476 g/mol. The standard InChI is InChI=1S/C31H40N4O3/c1-21(2)20-38-31(36)35-18-23-11-14-27(26(23)19-35)32-15-6-16-33-30-17-29(22-9-12-24(37-3)13-10-22)34-28-8-5-4-7-25(28)30/h4-5,7-10,12-13,17,21,23,26-27,32H,6,11,14-16,18-20H2,1-3H3,(H,33,34). The number of aromatic nitrogens is 1. The molecule has 1 aliphatic carbocycles. The summed E-state index contributed by atoms with van der Waals surface area (Å²) >= 11 is 0.